The molecule has 2 unspecified atom stereocenters. The first-order chi connectivity index (χ1) is 23.4. The smallest absolute Gasteiger partial charge is 0.407 e. The fraction of sp³-hybridized carbons (Fsp3) is 0.441. The molecule has 2 aromatic carbocycles. The molecule has 2 aliphatic carbocycles. The number of sulfonamides is 1. The molecule has 2 amide bonds. The summed E-state index contributed by atoms with van der Waals surface area (Å²) in [6.45, 7) is 8.81. The number of benzene rings is 2. The van der Waals surface area contributed by atoms with Crippen LogP contribution in [-0.4, -0.2) is 70.3 Å². The molecule has 16 heteroatoms. The first-order valence-electron chi connectivity index (χ1n) is 16.3. The number of ether oxygens (including phenoxy) is 2. The second kappa shape index (κ2) is 11.1. The molecular formula is C34H37N5O10S. The van der Waals surface area contributed by atoms with Crippen LogP contribution in [0.5, 0.6) is 5.75 Å². The minimum Gasteiger partial charge on any atom is -0.454 e. The first kappa shape index (κ1) is 33.7. The number of nitrogens with one attached hydrogen (secondary N) is 3. The van der Waals surface area contributed by atoms with E-state index in [0.717, 1.165) is 18.1 Å². The third-order valence-electron chi connectivity index (χ3n) is 9.88. The Morgan fingerprint density at radius 3 is 2.58 bits per heavy atom. The summed E-state index contributed by atoms with van der Waals surface area (Å²) in [6, 6.07) is 9.60. The van der Waals surface area contributed by atoms with Gasteiger partial charge in [0.25, 0.3) is 27.4 Å². The number of hydrogen-bond acceptors (Lipinski definition) is 10. The number of aromatic amines is 1. The zero-order valence-corrected chi connectivity index (χ0v) is 28.8. The fourth-order valence-electron chi connectivity index (χ4n) is 7.34. The number of ketones is 1. The minimum atomic E-state index is -4.18. The van der Waals surface area contributed by atoms with E-state index in [-0.39, 0.29) is 57.7 Å². The summed E-state index contributed by atoms with van der Waals surface area (Å²) in [5, 5.41) is 29.5. The highest BCUT2D eigenvalue weighted by molar-refractivity contribution is 7.89. The van der Waals surface area contributed by atoms with Crippen molar-refractivity contribution in [3.05, 3.63) is 86.1 Å². The van der Waals surface area contributed by atoms with E-state index in [2.05, 4.69) is 22.5 Å². The van der Waals surface area contributed by atoms with E-state index in [9.17, 15) is 38.0 Å². The summed E-state index contributed by atoms with van der Waals surface area (Å²) in [4.78, 5) is 54.8. The van der Waals surface area contributed by atoms with Gasteiger partial charge < -0.3 is 30.2 Å². The lowest BCUT2D eigenvalue weighted by Crippen LogP contribution is -2.60. The Hall–Kier alpha value is -4.80. The van der Waals surface area contributed by atoms with Gasteiger partial charge in [0.2, 0.25) is 11.3 Å². The molecule has 4 aliphatic rings. The van der Waals surface area contributed by atoms with Gasteiger partial charge in [0, 0.05) is 36.3 Å². The molecule has 0 spiro atoms. The van der Waals surface area contributed by atoms with Crippen LogP contribution in [0.15, 0.2) is 47.5 Å². The molecule has 0 radical (unpaired) electrons. The van der Waals surface area contributed by atoms with Crippen LogP contribution in [-0.2, 0) is 26.1 Å². The standard InChI is InChI=1S/C34H37N5O10S/c1-17-13-22(17)19-9-10-23-25(15-19)48-34(43)27-21(7-6-8-24(27)39(44)45)29(40)33(23,34)37-30(41)28-18(2)14-26(36-28)50(46,47)38-12-11-20(16-38)35-31(42)49-32(3,4)5/h6-10,14-15,17,20,22,36,43H,11-13,16H2,1-5H3,(H,35,42)(H,37,41)/t17-,20+,22-,33?,34?/m1/s1. The summed E-state index contributed by atoms with van der Waals surface area (Å²) in [5.74, 6) is -3.72. The molecule has 2 aliphatic heterocycles. The maximum absolute atomic E-state index is 14.4. The number of aryl methyl sites for hydroxylation is 1. The molecule has 3 heterocycles. The fourth-order valence-corrected chi connectivity index (χ4v) is 8.90. The van der Waals surface area contributed by atoms with Gasteiger partial charge in [0.05, 0.1) is 4.92 Å². The van der Waals surface area contributed by atoms with Crippen molar-refractivity contribution in [2.75, 3.05) is 13.1 Å². The Morgan fingerprint density at radius 2 is 1.92 bits per heavy atom. The number of aliphatic hydroxyl groups is 1. The third-order valence-corrected chi connectivity index (χ3v) is 11.7. The second-order valence-corrected chi connectivity index (χ2v) is 16.4. The summed E-state index contributed by atoms with van der Waals surface area (Å²) >= 11 is 0. The number of H-pyrrole nitrogens is 1. The number of alkyl carbamates (subject to hydrolysis) is 1. The highest BCUT2D eigenvalue weighted by atomic mass is 32.2. The number of carbonyl (C=O) groups excluding carboxylic acids is 3. The quantitative estimate of drug-likeness (QED) is 0.207. The molecular weight excluding hydrogens is 670 g/mol. The second-order valence-electron chi connectivity index (χ2n) is 14.5. The molecule has 5 atom stereocenters. The SMILES string of the molecule is Cc1cc(S(=O)(=O)N2CC[C@H](NC(=O)OC(C)(C)C)C2)[nH]c1C(=O)NC12C(=O)c3cccc([N+](=O)[O-])c3C1(O)Oc1cc([C@@H]3C[C@H]3C)ccc12. The minimum absolute atomic E-state index is 0.0292. The van der Waals surface area contributed by atoms with Crippen molar-refractivity contribution < 1.29 is 42.3 Å². The van der Waals surface area contributed by atoms with Crippen LogP contribution in [0.4, 0.5) is 10.5 Å². The van der Waals surface area contributed by atoms with E-state index < -0.39 is 61.4 Å². The van der Waals surface area contributed by atoms with Crippen molar-refractivity contribution in [2.45, 2.75) is 81.4 Å². The number of carbonyl (C=O) groups is 3. The summed E-state index contributed by atoms with van der Waals surface area (Å²) in [7, 11) is -4.18. The predicted molar refractivity (Wildman–Crippen MR) is 176 cm³/mol. The van der Waals surface area contributed by atoms with Crippen LogP contribution in [0.1, 0.15) is 89.6 Å². The molecule has 15 nitrogen and oxygen atoms in total. The summed E-state index contributed by atoms with van der Waals surface area (Å²) < 4.78 is 39.9. The third kappa shape index (κ3) is 5.07. The number of Topliss-reactive ketones (excluding diaryl/α,β-unsaturated/α-hetero) is 1. The van der Waals surface area contributed by atoms with Crippen LogP contribution in [0.3, 0.4) is 0 Å². The van der Waals surface area contributed by atoms with Crippen LogP contribution in [0.2, 0.25) is 0 Å². The van der Waals surface area contributed by atoms with Gasteiger partial charge in [-0.3, -0.25) is 19.7 Å². The number of rotatable bonds is 7. The highest BCUT2D eigenvalue weighted by Crippen LogP contribution is 2.61. The lowest BCUT2D eigenvalue weighted by atomic mass is 9.82. The lowest BCUT2D eigenvalue weighted by Gasteiger charge is -2.34. The number of aromatic nitrogens is 1. The van der Waals surface area contributed by atoms with Crippen LogP contribution in [0.25, 0.3) is 0 Å². The van der Waals surface area contributed by atoms with E-state index in [1.54, 1.807) is 39.0 Å². The number of amides is 2. The molecule has 0 bridgehead atoms. The molecule has 264 valence electrons. The van der Waals surface area contributed by atoms with E-state index in [1.807, 2.05) is 0 Å². The molecule has 1 saturated carbocycles. The van der Waals surface area contributed by atoms with Gasteiger partial charge in [-0.2, -0.15) is 4.31 Å². The Morgan fingerprint density at radius 1 is 1.20 bits per heavy atom. The van der Waals surface area contributed by atoms with Gasteiger partial charge in [-0.1, -0.05) is 31.2 Å². The highest BCUT2D eigenvalue weighted by Gasteiger charge is 2.73. The van der Waals surface area contributed by atoms with Gasteiger partial charge in [0.1, 0.15) is 27.6 Å². The Labute approximate surface area is 287 Å². The van der Waals surface area contributed by atoms with E-state index in [4.69, 9.17) is 9.47 Å². The van der Waals surface area contributed by atoms with Crippen LogP contribution < -0.4 is 15.4 Å². The van der Waals surface area contributed by atoms with Crippen molar-refractivity contribution in [2.24, 2.45) is 5.92 Å². The molecule has 50 heavy (non-hydrogen) atoms. The van der Waals surface area contributed by atoms with Gasteiger partial charge in [0.15, 0.2) is 0 Å². The van der Waals surface area contributed by atoms with Gasteiger partial charge in [-0.05, 0) is 75.6 Å². The monoisotopic (exact) mass is 707 g/mol. The van der Waals surface area contributed by atoms with E-state index in [1.165, 1.54) is 29.4 Å². The van der Waals surface area contributed by atoms with Crippen molar-refractivity contribution in [3.63, 3.8) is 0 Å². The average Bonchev–Trinajstić information content (AvgIpc) is 3.31. The Bertz CT molecular complexity index is 2110. The Kier molecular flexibility index (Phi) is 7.48. The zero-order valence-electron chi connectivity index (χ0n) is 28.0. The molecule has 2 fully saturated rings. The molecule has 1 saturated heterocycles. The van der Waals surface area contributed by atoms with E-state index in [0.29, 0.717) is 12.3 Å². The van der Waals surface area contributed by atoms with Crippen molar-refractivity contribution in [3.8, 4) is 5.75 Å². The van der Waals surface area contributed by atoms with Crippen molar-refractivity contribution >= 4 is 33.5 Å². The number of fused-ring (bicyclic) bond motifs is 5. The Balaban J connectivity index is 1.21. The molecule has 7 rings (SSSR count). The number of nitro groups is 1. The number of nitrogens with zero attached hydrogens (tertiary/aromatic N) is 2. The number of nitro benzene ring substituents is 1. The zero-order chi connectivity index (χ0) is 36.1. The largest absolute Gasteiger partial charge is 0.454 e. The summed E-state index contributed by atoms with van der Waals surface area (Å²) in [6.07, 6.45) is 0.608. The number of hydrogen-bond donors (Lipinski definition) is 4. The average molecular weight is 708 g/mol. The van der Waals surface area contributed by atoms with Crippen LogP contribution >= 0.6 is 0 Å². The lowest BCUT2D eigenvalue weighted by molar-refractivity contribution is -0.388. The van der Waals surface area contributed by atoms with Crippen molar-refractivity contribution in [1.82, 2.24) is 19.9 Å². The maximum Gasteiger partial charge on any atom is 0.407 e. The van der Waals surface area contributed by atoms with Gasteiger partial charge in [-0.15, -0.1) is 0 Å². The van der Waals surface area contributed by atoms with Crippen molar-refractivity contribution in [1.29, 1.82) is 0 Å². The first-order valence-corrected chi connectivity index (χ1v) is 17.7. The van der Waals surface area contributed by atoms with Gasteiger partial charge >= 0.3 is 6.09 Å². The maximum atomic E-state index is 14.4. The van der Waals surface area contributed by atoms with Crippen LogP contribution in [0, 0.1) is 23.0 Å². The molecule has 1 aromatic heterocycles. The van der Waals surface area contributed by atoms with E-state index >= 15 is 0 Å². The molecule has 4 N–H and O–H groups in total. The molecule has 3 aromatic rings. The summed E-state index contributed by atoms with van der Waals surface area (Å²) in [5.41, 5.74) is -3.19. The normalized spacial score (nSPS) is 26.8. The predicted octanol–water partition coefficient (Wildman–Crippen LogP) is 3.70. The topological polar surface area (TPSA) is 210 Å². The van der Waals surface area contributed by atoms with Gasteiger partial charge in [-0.25, -0.2) is 13.2 Å².